The minimum Gasteiger partial charge on any atom is -0.325 e. The third-order valence-corrected chi connectivity index (χ3v) is 4.47. The average Bonchev–Trinajstić information content (AvgIpc) is 2.68. The summed E-state index contributed by atoms with van der Waals surface area (Å²) in [6.45, 7) is 0. The summed E-state index contributed by atoms with van der Waals surface area (Å²) in [6, 6.07) is 20.1. The van der Waals surface area contributed by atoms with Crippen molar-refractivity contribution >= 4 is 35.0 Å². The van der Waals surface area contributed by atoms with Crippen LogP contribution < -0.4 is 10.6 Å². The molecule has 0 atom stereocenters. The summed E-state index contributed by atoms with van der Waals surface area (Å²) in [4.78, 5) is 29.2. The fourth-order valence-corrected chi connectivity index (χ4v) is 2.96. The molecule has 0 saturated carbocycles. The number of carbonyl (C=O) groups is 2. The van der Waals surface area contributed by atoms with Gasteiger partial charge in [0.05, 0.1) is 5.75 Å². The van der Waals surface area contributed by atoms with Gasteiger partial charge in [0.15, 0.2) is 0 Å². The number of pyridine rings is 1. The number of aromatic nitrogens is 1. The molecule has 0 saturated heterocycles. The predicted molar refractivity (Wildman–Crippen MR) is 104 cm³/mol. The number of thioether (sulfide) groups is 1. The number of amides is 2. The maximum Gasteiger partial charge on any atom is 0.255 e. The van der Waals surface area contributed by atoms with Gasteiger partial charge in [-0.05, 0) is 42.5 Å². The molecule has 0 aliphatic heterocycles. The number of anilines is 2. The molecule has 1 aromatic heterocycles. The molecule has 3 aromatic rings. The Morgan fingerprint density at radius 2 is 1.54 bits per heavy atom. The zero-order chi connectivity index (χ0) is 18.2. The van der Waals surface area contributed by atoms with Crippen LogP contribution in [-0.4, -0.2) is 22.6 Å². The molecule has 0 unspecified atom stereocenters. The molecule has 0 spiro atoms. The molecule has 6 heteroatoms. The van der Waals surface area contributed by atoms with E-state index >= 15 is 0 Å². The van der Waals surface area contributed by atoms with Gasteiger partial charge in [-0.2, -0.15) is 0 Å². The van der Waals surface area contributed by atoms with Gasteiger partial charge in [-0.3, -0.25) is 14.6 Å². The highest BCUT2D eigenvalue weighted by Gasteiger charge is 2.07. The number of hydrogen-bond acceptors (Lipinski definition) is 4. The van der Waals surface area contributed by atoms with Gasteiger partial charge in [0.2, 0.25) is 5.91 Å². The van der Waals surface area contributed by atoms with E-state index in [0.717, 1.165) is 4.90 Å². The summed E-state index contributed by atoms with van der Waals surface area (Å²) in [7, 11) is 0. The van der Waals surface area contributed by atoms with Crippen LogP contribution >= 0.6 is 11.8 Å². The van der Waals surface area contributed by atoms with Gasteiger partial charge in [-0.15, -0.1) is 11.8 Å². The first kappa shape index (κ1) is 17.7. The van der Waals surface area contributed by atoms with Gasteiger partial charge in [0, 0.05) is 34.2 Å². The standard InChI is InChI=1S/C20H17N3O2S/c24-19(14-26-18-7-2-1-3-8-18)22-16-5-4-6-17(13-16)23-20(25)15-9-11-21-12-10-15/h1-13H,14H2,(H,22,24)(H,23,25). The van der Waals surface area contributed by atoms with Crippen molar-refractivity contribution in [1.82, 2.24) is 4.98 Å². The summed E-state index contributed by atoms with van der Waals surface area (Å²) in [6.07, 6.45) is 3.13. The first-order chi connectivity index (χ1) is 12.7. The zero-order valence-corrected chi connectivity index (χ0v) is 14.7. The SMILES string of the molecule is O=C(CSc1ccccc1)Nc1cccc(NC(=O)c2ccncc2)c1. The van der Waals surface area contributed by atoms with E-state index < -0.39 is 0 Å². The van der Waals surface area contributed by atoms with E-state index in [9.17, 15) is 9.59 Å². The van der Waals surface area contributed by atoms with Crippen molar-refractivity contribution in [2.24, 2.45) is 0 Å². The van der Waals surface area contributed by atoms with Gasteiger partial charge >= 0.3 is 0 Å². The van der Waals surface area contributed by atoms with E-state index in [1.807, 2.05) is 30.3 Å². The highest BCUT2D eigenvalue weighted by Crippen LogP contribution is 2.19. The maximum atomic E-state index is 12.2. The third kappa shape index (κ3) is 5.19. The first-order valence-electron chi connectivity index (χ1n) is 8.00. The molecule has 0 radical (unpaired) electrons. The number of hydrogen-bond donors (Lipinski definition) is 2. The smallest absolute Gasteiger partial charge is 0.255 e. The van der Waals surface area contributed by atoms with Gasteiger partial charge in [0.1, 0.15) is 0 Å². The average molecular weight is 363 g/mol. The summed E-state index contributed by atoms with van der Waals surface area (Å²) in [5.74, 6) is -0.00980. The van der Waals surface area contributed by atoms with Crippen LogP contribution in [0.5, 0.6) is 0 Å². The number of nitrogens with one attached hydrogen (secondary N) is 2. The second kappa shape index (κ2) is 8.82. The fourth-order valence-electron chi connectivity index (χ4n) is 2.24. The van der Waals surface area contributed by atoms with Crippen LogP contribution in [0, 0.1) is 0 Å². The Morgan fingerprint density at radius 1 is 0.846 bits per heavy atom. The van der Waals surface area contributed by atoms with Crippen LogP contribution in [0.1, 0.15) is 10.4 Å². The largest absolute Gasteiger partial charge is 0.325 e. The van der Waals surface area contributed by atoms with Crippen molar-refractivity contribution in [2.45, 2.75) is 4.90 Å². The minimum atomic E-state index is -0.226. The molecule has 3 rings (SSSR count). The lowest BCUT2D eigenvalue weighted by molar-refractivity contribution is -0.113. The summed E-state index contributed by atoms with van der Waals surface area (Å²) < 4.78 is 0. The predicted octanol–water partition coefficient (Wildman–Crippen LogP) is 4.06. The van der Waals surface area contributed by atoms with Crippen LogP contribution in [0.4, 0.5) is 11.4 Å². The van der Waals surface area contributed by atoms with Crippen molar-refractivity contribution in [3.05, 3.63) is 84.7 Å². The van der Waals surface area contributed by atoms with E-state index in [0.29, 0.717) is 22.7 Å². The van der Waals surface area contributed by atoms with Gasteiger partial charge in [-0.25, -0.2) is 0 Å². The molecular formula is C20H17N3O2S. The molecule has 130 valence electrons. The lowest BCUT2D eigenvalue weighted by Gasteiger charge is -2.09. The molecule has 0 aliphatic carbocycles. The Balaban J connectivity index is 1.57. The minimum absolute atomic E-state index is 0.100. The molecule has 2 N–H and O–H groups in total. The highest BCUT2D eigenvalue weighted by molar-refractivity contribution is 8.00. The second-order valence-electron chi connectivity index (χ2n) is 5.42. The summed E-state index contributed by atoms with van der Waals surface area (Å²) in [5, 5.41) is 5.65. The molecular weight excluding hydrogens is 346 g/mol. The number of benzene rings is 2. The molecule has 26 heavy (non-hydrogen) atoms. The molecule has 0 aliphatic rings. The topological polar surface area (TPSA) is 71.1 Å². The second-order valence-corrected chi connectivity index (χ2v) is 6.47. The van der Waals surface area contributed by atoms with E-state index in [1.54, 1.807) is 48.8 Å². The monoisotopic (exact) mass is 363 g/mol. The van der Waals surface area contributed by atoms with Crippen LogP contribution in [-0.2, 0) is 4.79 Å². The lowest BCUT2D eigenvalue weighted by Crippen LogP contribution is -2.15. The van der Waals surface area contributed by atoms with Crippen molar-refractivity contribution in [3.8, 4) is 0 Å². The van der Waals surface area contributed by atoms with Gasteiger partial charge < -0.3 is 10.6 Å². The quantitative estimate of drug-likeness (QED) is 0.648. The van der Waals surface area contributed by atoms with E-state index in [1.165, 1.54) is 11.8 Å². The maximum absolute atomic E-state index is 12.2. The Labute approximate surface area is 155 Å². The van der Waals surface area contributed by atoms with Crippen LogP contribution in [0.15, 0.2) is 84.0 Å². The van der Waals surface area contributed by atoms with E-state index in [2.05, 4.69) is 15.6 Å². The van der Waals surface area contributed by atoms with Gasteiger partial charge in [-0.1, -0.05) is 24.3 Å². The fraction of sp³-hybridized carbons (Fsp3) is 0.0500. The Morgan fingerprint density at radius 3 is 2.27 bits per heavy atom. The van der Waals surface area contributed by atoms with Crippen LogP contribution in [0.2, 0.25) is 0 Å². The normalized spacial score (nSPS) is 10.2. The molecule has 0 fully saturated rings. The number of nitrogens with zero attached hydrogens (tertiary/aromatic N) is 1. The number of carbonyl (C=O) groups excluding carboxylic acids is 2. The van der Waals surface area contributed by atoms with E-state index in [-0.39, 0.29) is 11.8 Å². The molecule has 5 nitrogen and oxygen atoms in total. The summed E-state index contributed by atoms with van der Waals surface area (Å²) >= 11 is 1.47. The van der Waals surface area contributed by atoms with Crippen molar-refractivity contribution < 1.29 is 9.59 Å². The first-order valence-corrected chi connectivity index (χ1v) is 8.98. The van der Waals surface area contributed by atoms with E-state index in [4.69, 9.17) is 0 Å². The Hall–Kier alpha value is -3.12. The highest BCUT2D eigenvalue weighted by atomic mass is 32.2. The molecule has 2 amide bonds. The van der Waals surface area contributed by atoms with Crippen LogP contribution in [0.25, 0.3) is 0 Å². The molecule has 0 bridgehead atoms. The molecule has 2 aromatic carbocycles. The number of rotatable bonds is 6. The molecule has 1 heterocycles. The Kier molecular flexibility index (Phi) is 6.01. The van der Waals surface area contributed by atoms with Crippen molar-refractivity contribution in [1.29, 1.82) is 0 Å². The zero-order valence-electron chi connectivity index (χ0n) is 13.9. The van der Waals surface area contributed by atoms with Crippen molar-refractivity contribution in [2.75, 3.05) is 16.4 Å². The Bertz CT molecular complexity index is 886. The van der Waals surface area contributed by atoms with Crippen LogP contribution in [0.3, 0.4) is 0 Å². The lowest BCUT2D eigenvalue weighted by atomic mass is 10.2. The van der Waals surface area contributed by atoms with Gasteiger partial charge in [0.25, 0.3) is 5.91 Å². The third-order valence-electron chi connectivity index (χ3n) is 3.46. The summed E-state index contributed by atoms with van der Waals surface area (Å²) in [5.41, 5.74) is 1.77. The van der Waals surface area contributed by atoms with Crippen molar-refractivity contribution in [3.63, 3.8) is 0 Å².